The van der Waals surface area contributed by atoms with Crippen LogP contribution in [0.3, 0.4) is 0 Å². The first-order chi connectivity index (χ1) is 9.42. The van der Waals surface area contributed by atoms with Crippen molar-refractivity contribution in [3.05, 3.63) is 28.0 Å². The molecule has 1 N–H and O–H groups in total. The summed E-state index contributed by atoms with van der Waals surface area (Å²) in [6, 6.07) is 1.33. The maximum absolute atomic E-state index is 13.4. The summed E-state index contributed by atoms with van der Waals surface area (Å²) in [6.45, 7) is -0.699. The number of hydrogen-bond donors (Lipinski definition) is 1. The first-order valence-corrected chi connectivity index (χ1v) is 8.30. The van der Waals surface area contributed by atoms with Crippen molar-refractivity contribution in [3.8, 4) is 0 Å². The van der Waals surface area contributed by atoms with Crippen LogP contribution in [0.15, 0.2) is 21.5 Å². The van der Waals surface area contributed by atoms with E-state index in [0.717, 1.165) is 0 Å². The SMILES string of the molecule is O=C(NCCC(F)(F)F)c1cc(S(=O)(=O)Cl)c(F)cc1Br. The number of halogens is 6. The topological polar surface area (TPSA) is 63.2 Å². The van der Waals surface area contributed by atoms with Crippen molar-refractivity contribution >= 4 is 41.6 Å². The average molecular weight is 413 g/mol. The van der Waals surface area contributed by atoms with E-state index in [4.69, 9.17) is 10.7 Å². The largest absolute Gasteiger partial charge is 0.390 e. The Kier molecular flexibility index (Phi) is 5.62. The normalized spacial score (nSPS) is 12.3. The van der Waals surface area contributed by atoms with Crippen LogP contribution in [-0.2, 0) is 9.05 Å². The van der Waals surface area contributed by atoms with Crippen molar-refractivity contribution in [1.82, 2.24) is 5.32 Å². The van der Waals surface area contributed by atoms with Crippen LogP contribution >= 0.6 is 26.6 Å². The lowest BCUT2D eigenvalue weighted by Gasteiger charge is -2.10. The van der Waals surface area contributed by atoms with E-state index in [2.05, 4.69) is 15.9 Å². The molecule has 4 nitrogen and oxygen atoms in total. The standard InChI is InChI=1S/C10H7BrClF4NO3S/c11-6-4-7(13)8(21(12,19)20)3-5(6)9(18)17-2-1-10(14,15)16/h3-4H,1-2H2,(H,17,18). The van der Waals surface area contributed by atoms with E-state index in [1.54, 1.807) is 0 Å². The zero-order chi connectivity index (χ0) is 16.4. The van der Waals surface area contributed by atoms with Crippen LogP contribution in [0.5, 0.6) is 0 Å². The highest BCUT2D eigenvalue weighted by molar-refractivity contribution is 9.10. The first-order valence-electron chi connectivity index (χ1n) is 5.20. The molecule has 0 aliphatic carbocycles. The van der Waals surface area contributed by atoms with Gasteiger partial charge in [0.25, 0.3) is 15.0 Å². The summed E-state index contributed by atoms with van der Waals surface area (Å²) in [4.78, 5) is 10.7. The number of hydrogen-bond acceptors (Lipinski definition) is 3. The second-order valence-electron chi connectivity index (χ2n) is 3.82. The van der Waals surface area contributed by atoms with E-state index in [-0.39, 0.29) is 10.0 Å². The lowest BCUT2D eigenvalue weighted by Crippen LogP contribution is -2.28. The molecule has 0 fully saturated rings. The molecule has 0 heterocycles. The van der Waals surface area contributed by atoms with Gasteiger partial charge in [-0.1, -0.05) is 0 Å². The molecule has 1 aromatic carbocycles. The molecule has 11 heteroatoms. The van der Waals surface area contributed by atoms with E-state index < -0.39 is 44.8 Å². The van der Waals surface area contributed by atoms with Crippen molar-refractivity contribution in [2.45, 2.75) is 17.5 Å². The molecule has 0 bridgehead atoms. The van der Waals surface area contributed by atoms with Gasteiger partial charge in [0.05, 0.1) is 12.0 Å². The maximum atomic E-state index is 13.4. The minimum absolute atomic E-state index is 0.117. The average Bonchev–Trinajstić information content (AvgIpc) is 2.24. The minimum atomic E-state index is -4.45. The highest BCUT2D eigenvalue weighted by Crippen LogP contribution is 2.26. The Morgan fingerprint density at radius 3 is 2.38 bits per heavy atom. The van der Waals surface area contributed by atoms with Crippen LogP contribution in [0.4, 0.5) is 17.6 Å². The summed E-state index contributed by atoms with van der Waals surface area (Å²) in [6.07, 6.45) is -5.70. The van der Waals surface area contributed by atoms with Crippen molar-refractivity contribution in [1.29, 1.82) is 0 Å². The van der Waals surface area contributed by atoms with Crippen LogP contribution in [0.2, 0.25) is 0 Å². The Morgan fingerprint density at radius 1 is 1.33 bits per heavy atom. The summed E-state index contributed by atoms with van der Waals surface area (Å²) in [5.74, 6) is -2.18. The summed E-state index contributed by atoms with van der Waals surface area (Å²) in [7, 11) is 0.560. The molecule has 0 saturated heterocycles. The number of nitrogens with one attached hydrogen (secondary N) is 1. The van der Waals surface area contributed by atoms with Crippen molar-refractivity contribution in [2.24, 2.45) is 0 Å². The zero-order valence-electron chi connectivity index (χ0n) is 9.97. The molecule has 0 radical (unpaired) electrons. The molecule has 0 atom stereocenters. The smallest absolute Gasteiger partial charge is 0.352 e. The Labute approximate surface area is 130 Å². The van der Waals surface area contributed by atoms with Crippen molar-refractivity contribution < 1.29 is 30.8 Å². The highest BCUT2D eigenvalue weighted by atomic mass is 79.9. The van der Waals surface area contributed by atoms with Gasteiger partial charge >= 0.3 is 6.18 Å². The number of benzene rings is 1. The van der Waals surface area contributed by atoms with E-state index in [0.29, 0.717) is 12.1 Å². The van der Waals surface area contributed by atoms with Crippen LogP contribution in [0.1, 0.15) is 16.8 Å². The van der Waals surface area contributed by atoms with Gasteiger partial charge in [0.2, 0.25) is 0 Å². The zero-order valence-corrected chi connectivity index (χ0v) is 13.1. The number of carbonyl (C=O) groups is 1. The van der Waals surface area contributed by atoms with E-state index >= 15 is 0 Å². The van der Waals surface area contributed by atoms with Gasteiger partial charge < -0.3 is 5.32 Å². The third kappa shape index (κ3) is 5.44. The van der Waals surface area contributed by atoms with E-state index in [1.165, 1.54) is 0 Å². The van der Waals surface area contributed by atoms with E-state index in [9.17, 15) is 30.8 Å². The fraction of sp³-hybridized carbons (Fsp3) is 0.300. The van der Waals surface area contributed by atoms with Gasteiger partial charge in [-0.05, 0) is 28.1 Å². The molecule has 0 aliphatic rings. The van der Waals surface area contributed by atoms with Gasteiger partial charge in [-0.15, -0.1) is 0 Å². The molecular weight excluding hydrogens is 406 g/mol. The van der Waals surface area contributed by atoms with Crippen LogP contribution in [0, 0.1) is 5.82 Å². The molecule has 1 aromatic rings. The molecule has 21 heavy (non-hydrogen) atoms. The highest BCUT2D eigenvalue weighted by Gasteiger charge is 2.27. The molecule has 0 saturated carbocycles. The van der Waals surface area contributed by atoms with E-state index in [1.807, 2.05) is 5.32 Å². The summed E-state index contributed by atoms with van der Waals surface area (Å²) >= 11 is 2.82. The molecule has 1 amide bonds. The molecule has 0 aliphatic heterocycles. The molecule has 1 rings (SSSR count). The van der Waals surface area contributed by atoms with Gasteiger partial charge in [-0.3, -0.25) is 4.79 Å². The Bertz CT molecular complexity index is 663. The van der Waals surface area contributed by atoms with Gasteiger partial charge in [-0.2, -0.15) is 13.2 Å². The van der Waals surface area contributed by atoms with Gasteiger partial charge in [0.1, 0.15) is 10.7 Å². The fourth-order valence-electron chi connectivity index (χ4n) is 1.30. The number of alkyl halides is 3. The van der Waals surface area contributed by atoms with Crippen molar-refractivity contribution in [2.75, 3.05) is 6.54 Å². The predicted octanol–water partition coefficient (Wildman–Crippen LogP) is 3.20. The summed E-state index contributed by atoms with van der Waals surface area (Å²) in [5, 5.41) is 1.95. The molecule has 118 valence electrons. The third-order valence-corrected chi connectivity index (χ3v) is 4.22. The number of rotatable bonds is 4. The third-order valence-electron chi connectivity index (χ3n) is 2.22. The van der Waals surface area contributed by atoms with Gasteiger partial charge in [0.15, 0.2) is 0 Å². The summed E-state index contributed by atoms with van der Waals surface area (Å²) in [5.41, 5.74) is -0.349. The van der Waals surface area contributed by atoms with Crippen LogP contribution < -0.4 is 5.32 Å². The Morgan fingerprint density at radius 2 is 1.90 bits per heavy atom. The predicted molar refractivity (Wildman–Crippen MR) is 70.1 cm³/mol. The number of amides is 1. The number of carbonyl (C=O) groups excluding carboxylic acids is 1. The van der Waals surface area contributed by atoms with Crippen molar-refractivity contribution in [3.63, 3.8) is 0 Å². The quantitative estimate of drug-likeness (QED) is 0.610. The molecule has 0 spiro atoms. The Balaban J connectivity index is 3.00. The van der Waals surface area contributed by atoms with Crippen LogP contribution in [0.25, 0.3) is 0 Å². The lowest BCUT2D eigenvalue weighted by molar-refractivity contribution is -0.132. The first kappa shape index (κ1) is 18.2. The minimum Gasteiger partial charge on any atom is -0.352 e. The summed E-state index contributed by atoms with van der Waals surface area (Å²) < 4.78 is 71.4. The molecular formula is C10H7BrClF4NO3S. The second-order valence-corrected chi connectivity index (χ2v) is 7.21. The van der Waals surface area contributed by atoms with Crippen LogP contribution in [-0.4, -0.2) is 27.0 Å². The molecule has 0 aromatic heterocycles. The fourth-order valence-corrected chi connectivity index (χ4v) is 2.70. The second kappa shape index (κ2) is 6.49. The maximum Gasteiger partial charge on any atom is 0.390 e. The molecule has 0 unspecified atom stereocenters. The lowest BCUT2D eigenvalue weighted by atomic mass is 10.2. The van der Waals surface area contributed by atoms with Gasteiger partial charge in [-0.25, -0.2) is 12.8 Å². The van der Waals surface area contributed by atoms with Gasteiger partial charge in [0, 0.05) is 21.7 Å². The Hall–Kier alpha value is -0.870. The monoisotopic (exact) mass is 411 g/mol.